The Bertz CT molecular complexity index is 1090. The van der Waals surface area contributed by atoms with E-state index in [9.17, 15) is 9.90 Å². The smallest absolute Gasteiger partial charge is 0.256 e. The minimum atomic E-state index is -1.08. The molecule has 1 saturated heterocycles. The normalized spacial score (nSPS) is 19.1. The lowest BCUT2D eigenvalue weighted by Gasteiger charge is -2.38. The van der Waals surface area contributed by atoms with E-state index in [1.54, 1.807) is 32.3 Å². The first kappa shape index (κ1) is 22.0. The van der Waals surface area contributed by atoms with Crippen LogP contribution in [0.25, 0.3) is 5.69 Å². The maximum absolute atomic E-state index is 13.6. The average molecular weight is 436 g/mol. The molecule has 32 heavy (non-hydrogen) atoms. The first-order valence-corrected chi connectivity index (χ1v) is 10.9. The summed E-state index contributed by atoms with van der Waals surface area (Å²) in [5, 5.41) is 18.9. The molecule has 1 N–H and O–H groups in total. The Labute approximate surface area is 187 Å². The molecular weight excluding hydrogens is 406 g/mol. The second-order valence-electron chi connectivity index (χ2n) is 8.82. The highest BCUT2D eigenvalue weighted by Gasteiger charge is 2.33. The second-order valence-corrected chi connectivity index (χ2v) is 8.82. The standard InChI is InChI=1S/C24H29N5O3/c1-16-9-12-20(24(3,4)31)22(27-16)32-18-11-10-17(2)28(15-18)23(30)19-7-5-6-8-21(19)29-25-13-14-26-29/h5-9,12-14,17-18,31H,10-11,15H2,1-4H3/t17-,18-/m1/s1. The summed E-state index contributed by atoms with van der Waals surface area (Å²) >= 11 is 0. The van der Waals surface area contributed by atoms with Crippen LogP contribution in [0.3, 0.4) is 0 Å². The molecule has 2 atom stereocenters. The number of pyridine rings is 1. The van der Waals surface area contributed by atoms with Crippen LogP contribution < -0.4 is 4.74 Å². The van der Waals surface area contributed by atoms with Crippen molar-refractivity contribution in [3.63, 3.8) is 0 Å². The number of para-hydroxylation sites is 1. The number of carbonyl (C=O) groups is 1. The van der Waals surface area contributed by atoms with Crippen molar-refractivity contribution in [3.05, 3.63) is 65.6 Å². The molecule has 0 bridgehead atoms. The molecule has 2 aromatic heterocycles. The minimum absolute atomic E-state index is 0.0696. The number of likely N-dealkylation sites (tertiary alicyclic amines) is 1. The Morgan fingerprint density at radius 2 is 1.84 bits per heavy atom. The van der Waals surface area contributed by atoms with Crippen LogP contribution in [0.1, 0.15) is 55.2 Å². The lowest BCUT2D eigenvalue weighted by Crippen LogP contribution is -2.49. The molecule has 0 aliphatic carbocycles. The number of nitrogens with zero attached hydrogens (tertiary/aromatic N) is 5. The van der Waals surface area contributed by atoms with Crippen molar-refractivity contribution in [2.24, 2.45) is 0 Å². The van der Waals surface area contributed by atoms with Gasteiger partial charge in [-0.3, -0.25) is 4.79 Å². The highest BCUT2D eigenvalue weighted by atomic mass is 16.5. The zero-order valence-corrected chi connectivity index (χ0v) is 18.9. The zero-order valence-electron chi connectivity index (χ0n) is 18.9. The number of piperidine rings is 1. The molecule has 1 amide bonds. The predicted molar refractivity (Wildman–Crippen MR) is 120 cm³/mol. The van der Waals surface area contributed by atoms with Crippen LogP contribution >= 0.6 is 0 Å². The Morgan fingerprint density at radius 1 is 1.12 bits per heavy atom. The van der Waals surface area contributed by atoms with Gasteiger partial charge in [-0.1, -0.05) is 12.1 Å². The summed E-state index contributed by atoms with van der Waals surface area (Å²) in [5.41, 5.74) is 1.55. The van der Waals surface area contributed by atoms with Crippen LogP contribution in [0, 0.1) is 6.92 Å². The topological polar surface area (TPSA) is 93.4 Å². The Balaban J connectivity index is 1.58. The van der Waals surface area contributed by atoms with Crippen molar-refractivity contribution in [1.82, 2.24) is 24.9 Å². The minimum Gasteiger partial charge on any atom is -0.472 e. The first-order valence-electron chi connectivity index (χ1n) is 10.9. The van der Waals surface area contributed by atoms with E-state index < -0.39 is 5.60 Å². The third-order valence-corrected chi connectivity index (χ3v) is 5.81. The van der Waals surface area contributed by atoms with Crippen molar-refractivity contribution in [2.75, 3.05) is 6.54 Å². The van der Waals surface area contributed by atoms with Gasteiger partial charge in [0.15, 0.2) is 0 Å². The molecule has 3 aromatic rings. The van der Waals surface area contributed by atoms with Gasteiger partial charge in [-0.05, 0) is 64.8 Å². The van der Waals surface area contributed by atoms with Gasteiger partial charge in [0, 0.05) is 17.3 Å². The lowest BCUT2D eigenvalue weighted by molar-refractivity contribution is 0.0325. The van der Waals surface area contributed by atoms with Crippen molar-refractivity contribution in [3.8, 4) is 11.6 Å². The number of benzene rings is 1. The third-order valence-electron chi connectivity index (χ3n) is 5.81. The fourth-order valence-corrected chi connectivity index (χ4v) is 4.02. The van der Waals surface area contributed by atoms with E-state index in [0.717, 1.165) is 18.5 Å². The van der Waals surface area contributed by atoms with E-state index in [0.29, 0.717) is 29.2 Å². The first-order chi connectivity index (χ1) is 15.2. The van der Waals surface area contributed by atoms with Crippen LogP contribution in [0.4, 0.5) is 0 Å². The van der Waals surface area contributed by atoms with Gasteiger partial charge in [0.05, 0.1) is 35.8 Å². The molecule has 0 saturated carbocycles. The number of aliphatic hydroxyl groups is 1. The molecule has 1 aromatic carbocycles. The van der Waals surface area contributed by atoms with E-state index >= 15 is 0 Å². The van der Waals surface area contributed by atoms with E-state index in [1.807, 2.05) is 42.2 Å². The fraction of sp³-hybridized carbons (Fsp3) is 0.417. The van der Waals surface area contributed by atoms with Gasteiger partial charge < -0.3 is 14.7 Å². The van der Waals surface area contributed by atoms with Crippen molar-refractivity contribution in [1.29, 1.82) is 0 Å². The van der Waals surface area contributed by atoms with E-state index in [2.05, 4.69) is 22.1 Å². The summed E-state index contributed by atoms with van der Waals surface area (Å²) in [7, 11) is 0. The Hall–Kier alpha value is -3.26. The highest BCUT2D eigenvalue weighted by molar-refractivity contribution is 5.98. The molecule has 1 aliphatic rings. The van der Waals surface area contributed by atoms with Gasteiger partial charge in [-0.15, -0.1) is 0 Å². The van der Waals surface area contributed by atoms with Gasteiger partial charge in [-0.2, -0.15) is 15.0 Å². The van der Waals surface area contributed by atoms with Gasteiger partial charge in [0.1, 0.15) is 6.10 Å². The highest BCUT2D eigenvalue weighted by Crippen LogP contribution is 2.31. The monoisotopic (exact) mass is 435 g/mol. The number of amides is 1. The molecule has 0 unspecified atom stereocenters. The maximum Gasteiger partial charge on any atom is 0.256 e. The van der Waals surface area contributed by atoms with Crippen LogP contribution in [-0.2, 0) is 5.60 Å². The number of ether oxygens (including phenoxy) is 1. The van der Waals surface area contributed by atoms with Crippen LogP contribution in [0.5, 0.6) is 5.88 Å². The van der Waals surface area contributed by atoms with Crippen molar-refractivity contribution in [2.45, 2.75) is 58.3 Å². The second kappa shape index (κ2) is 8.70. The lowest BCUT2D eigenvalue weighted by atomic mass is 9.98. The number of hydrogen-bond donors (Lipinski definition) is 1. The molecule has 8 nitrogen and oxygen atoms in total. The molecule has 1 aliphatic heterocycles. The van der Waals surface area contributed by atoms with Gasteiger partial charge in [-0.25, -0.2) is 4.98 Å². The molecular formula is C24H29N5O3. The molecule has 4 rings (SSSR count). The summed E-state index contributed by atoms with van der Waals surface area (Å²) in [4.78, 5) is 21.4. The van der Waals surface area contributed by atoms with Gasteiger partial charge in [0.25, 0.3) is 5.91 Å². The molecule has 0 spiro atoms. The van der Waals surface area contributed by atoms with E-state index in [4.69, 9.17) is 4.74 Å². The average Bonchev–Trinajstić information content (AvgIpc) is 3.28. The number of hydrogen-bond acceptors (Lipinski definition) is 6. The largest absolute Gasteiger partial charge is 0.472 e. The van der Waals surface area contributed by atoms with E-state index in [-0.39, 0.29) is 18.1 Å². The van der Waals surface area contributed by atoms with Crippen LogP contribution in [0.15, 0.2) is 48.8 Å². The summed E-state index contributed by atoms with van der Waals surface area (Å²) in [6, 6.07) is 11.1. The molecule has 168 valence electrons. The molecule has 0 radical (unpaired) electrons. The van der Waals surface area contributed by atoms with Crippen molar-refractivity contribution < 1.29 is 14.6 Å². The summed E-state index contributed by atoms with van der Waals surface area (Å²) < 4.78 is 6.27. The van der Waals surface area contributed by atoms with Crippen molar-refractivity contribution >= 4 is 5.91 Å². The van der Waals surface area contributed by atoms with Gasteiger partial charge in [0.2, 0.25) is 5.88 Å². The molecule has 1 fully saturated rings. The van der Waals surface area contributed by atoms with Crippen LogP contribution in [-0.4, -0.2) is 54.6 Å². The number of aryl methyl sites for hydroxylation is 1. The van der Waals surface area contributed by atoms with Crippen LogP contribution in [0.2, 0.25) is 0 Å². The summed E-state index contributed by atoms with van der Waals surface area (Å²) in [5.74, 6) is 0.337. The third kappa shape index (κ3) is 4.50. The molecule has 8 heteroatoms. The SMILES string of the molecule is Cc1ccc(C(C)(C)O)c(O[C@@H]2CC[C@@H](C)N(C(=O)c3ccccc3-n3nccn3)C2)n1. The fourth-order valence-electron chi connectivity index (χ4n) is 4.02. The quantitative estimate of drug-likeness (QED) is 0.661. The predicted octanol–water partition coefficient (Wildman–Crippen LogP) is 3.27. The number of aromatic nitrogens is 4. The molecule has 3 heterocycles. The maximum atomic E-state index is 13.6. The Kier molecular flexibility index (Phi) is 5.97. The summed E-state index contributed by atoms with van der Waals surface area (Å²) in [6.07, 6.45) is 4.56. The zero-order chi connectivity index (χ0) is 22.9. The Morgan fingerprint density at radius 3 is 2.56 bits per heavy atom. The number of carbonyl (C=O) groups excluding carboxylic acids is 1. The summed E-state index contributed by atoms with van der Waals surface area (Å²) in [6.45, 7) is 7.80. The van der Waals surface area contributed by atoms with E-state index in [1.165, 1.54) is 4.80 Å². The van der Waals surface area contributed by atoms with Gasteiger partial charge >= 0.3 is 0 Å². The number of rotatable bonds is 5.